The molecule has 1 N–H and O–H groups in total. The number of rotatable bonds is 3. The fourth-order valence-corrected chi connectivity index (χ4v) is 4.23. The highest BCUT2D eigenvalue weighted by atomic mass is 32.2. The van der Waals surface area contributed by atoms with Crippen molar-refractivity contribution in [3.63, 3.8) is 0 Å². The van der Waals surface area contributed by atoms with Gasteiger partial charge >= 0.3 is 0 Å². The Morgan fingerprint density at radius 1 is 1.26 bits per heavy atom. The van der Waals surface area contributed by atoms with Gasteiger partial charge in [-0.2, -0.15) is 4.31 Å². The van der Waals surface area contributed by atoms with Gasteiger partial charge in [0.1, 0.15) is 5.75 Å². The molecule has 3 rings (SSSR count). The zero-order chi connectivity index (χ0) is 16.6. The lowest BCUT2D eigenvalue weighted by Gasteiger charge is -2.33. The normalized spacial score (nSPS) is 23.0. The summed E-state index contributed by atoms with van der Waals surface area (Å²) in [6, 6.07) is 4.60. The number of likely N-dealkylation sites (N-methyl/N-ethyl adjacent to an activating group) is 1. The van der Waals surface area contributed by atoms with E-state index in [4.69, 9.17) is 4.74 Å². The summed E-state index contributed by atoms with van der Waals surface area (Å²) in [6.45, 7) is 7.07. The van der Waals surface area contributed by atoms with Crippen LogP contribution in [0, 0.1) is 0 Å². The van der Waals surface area contributed by atoms with Crippen molar-refractivity contribution in [1.82, 2.24) is 9.21 Å². The van der Waals surface area contributed by atoms with Crippen LogP contribution in [-0.4, -0.2) is 62.4 Å². The number of nitrogens with zero attached hydrogens (tertiary/aromatic N) is 2. The van der Waals surface area contributed by atoms with Crippen LogP contribution in [0.25, 0.3) is 0 Å². The van der Waals surface area contributed by atoms with Gasteiger partial charge in [0.15, 0.2) is 6.10 Å². The molecule has 2 heterocycles. The predicted molar refractivity (Wildman–Crippen MR) is 86.0 cm³/mol. The van der Waals surface area contributed by atoms with Crippen molar-refractivity contribution in [1.29, 1.82) is 0 Å². The number of anilines is 1. The minimum atomic E-state index is -3.56. The van der Waals surface area contributed by atoms with Crippen LogP contribution >= 0.6 is 0 Å². The van der Waals surface area contributed by atoms with Crippen molar-refractivity contribution >= 4 is 21.6 Å². The van der Waals surface area contributed by atoms with Crippen LogP contribution in [0.15, 0.2) is 23.1 Å². The molecule has 0 aromatic heterocycles. The summed E-state index contributed by atoms with van der Waals surface area (Å²) >= 11 is 0. The first kappa shape index (κ1) is 16.2. The SMILES string of the molecule is CCN1CCN(S(=O)(=O)c2ccc3c(c2)NC(=O)C(C)O3)CC1. The molecule has 0 saturated carbocycles. The summed E-state index contributed by atoms with van der Waals surface area (Å²) in [7, 11) is -3.56. The Morgan fingerprint density at radius 2 is 1.96 bits per heavy atom. The highest BCUT2D eigenvalue weighted by Gasteiger charge is 2.30. The van der Waals surface area contributed by atoms with Gasteiger partial charge in [-0.3, -0.25) is 4.79 Å². The van der Waals surface area contributed by atoms with Crippen molar-refractivity contribution in [3.05, 3.63) is 18.2 Å². The first-order chi connectivity index (χ1) is 10.9. The number of amides is 1. The predicted octanol–water partition coefficient (Wildman–Crippen LogP) is 0.732. The Bertz CT molecular complexity index is 711. The van der Waals surface area contributed by atoms with Gasteiger partial charge in [0, 0.05) is 26.2 Å². The molecular weight excluding hydrogens is 318 g/mol. The first-order valence-electron chi connectivity index (χ1n) is 7.76. The Hall–Kier alpha value is -1.64. The Morgan fingerprint density at radius 3 is 2.61 bits per heavy atom. The molecule has 1 amide bonds. The molecule has 23 heavy (non-hydrogen) atoms. The number of fused-ring (bicyclic) bond motifs is 1. The molecule has 8 heteroatoms. The molecule has 0 aliphatic carbocycles. The number of benzene rings is 1. The summed E-state index contributed by atoms with van der Waals surface area (Å²) in [5, 5.41) is 2.69. The van der Waals surface area contributed by atoms with Crippen molar-refractivity contribution in [3.8, 4) is 5.75 Å². The van der Waals surface area contributed by atoms with E-state index < -0.39 is 16.1 Å². The van der Waals surface area contributed by atoms with E-state index in [1.165, 1.54) is 16.4 Å². The maximum absolute atomic E-state index is 12.8. The molecule has 1 aromatic rings. The van der Waals surface area contributed by atoms with E-state index in [1.54, 1.807) is 13.0 Å². The lowest BCUT2D eigenvalue weighted by atomic mass is 10.2. The number of hydrogen-bond acceptors (Lipinski definition) is 5. The molecule has 1 aromatic carbocycles. The number of ether oxygens (including phenoxy) is 1. The molecule has 1 atom stereocenters. The van der Waals surface area contributed by atoms with E-state index in [9.17, 15) is 13.2 Å². The van der Waals surface area contributed by atoms with Gasteiger partial charge in [-0.05, 0) is 31.7 Å². The molecule has 2 aliphatic heterocycles. The number of nitrogens with one attached hydrogen (secondary N) is 1. The molecule has 1 unspecified atom stereocenters. The second-order valence-electron chi connectivity index (χ2n) is 5.75. The number of piperazine rings is 1. The first-order valence-corrected chi connectivity index (χ1v) is 9.20. The zero-order valence-corrected chi connectivity index (χ0v) is 14.1. The third-order valence-electron chi connectivity index (χ3n) is 4.30. The van der Waals surface area contributed by atoms with Gasteiger partial charge in [0.25, 0.3) is 5.91 Å². The van der Waals surface area contributed by atoms with Crippen LogP contribution < -0.4 is 10.1 Å². The lowest BCUT2D eigenvalue weighted by Crippen LogP contribution is -2.48. The minimum absolute atomic E-state index is 0.180. The van der Waals surface area contributed by atoms with Gasteiger partial charge in [-0.1, -0.05) is 6.92 Å². The van der Waals surface area contributed by atoms with Crippen LogP contribution in [0.2, 0.25) is 0 Å². The largest absolute Gasteiger partial charge is 0.479 e. The Kier molecular flexibility index (Phi) is 4.31. The van der Waals surface area contributed by atoms with Crippen LogP contribution in [0.1, 0.15) is 13.8 Å². The van der Waals surface area contributed by atoms with Gasteiger partial charge < -0.3 is 15.0 Å². The number of hydrogen-bond donors (Lipinski definition) is 1. The summed E-state index contributed by atoms with van der Waals surface area (Å²) in [5.74, 6) is 0.218. The standard InChI is InChI=1S/C15H21N3O4S/c1-3-17-6-8-18(9-7-17)23(20,21)12-4-5-14-13(10-12)16-15(19)11(2)22-14/h4-5,10-11H,3,6-9H2,1-2H3,(H,16,19). The van der Waals surface area contributed by atoms with Crippen molar-refractivity contribution in [2.45, 2.75) is 24.8 Å². The third-order valence-corrected chi connectivity index (χ3v) is 6.19. The van der Waals surface area contributed by atoms with E-state index in [1.807, 2.05) is 0 Å². The van der Waals surface area contributed by atoms with Crippen LogP contribution in [0.4, 0.5) is 5.69 Å². The molecule has 7 nitrogen and oxygen atoms in total. The average molecular weight is 339 g/mol. The fraction of sp³-hybridized carbons (Fsp3) is 0.533. The Balaban J connectivity index is 1.84. The van der Waals surface area contributed by atoms with Crippen LogP contribution in [-0.2, 0) is 14.8 Å². The summed E-state index contributed by atoms with van der Waals surface area (Å²) in [5.41, 5.74) is 0.404. The highest BCUT2D eigenvalue weighted by molar-refractivity contribution is 7.89. The van der Waals surface area contributed by atoms with E-state index in [0.29, 0.717) is 24.5 Å². The molecule has 1 saturated heterocycles. The monoisotopic (exact) mass is 339 g/mol. The molecule has 0 spiro atoms. The molecule has 1 fully saturated rings. The van der Waals surface area contributed by atoms with E-state index in [2.05, 4.69) is 17.1 Å². The topological polar surface area (TPSA) is 79.0 Å². The zero-order valence-electron chi connectivity index (χ0n) is 13.3. The van der Waals surface area contributed by atoms with E-state index in [-0.39, 0.29) is 10.8 Å². The average Bonchev–Trinajstić information content (AvgIpc) is 2.55. The third kappa shape index (κ3) is 3.06. The number of carbonyl (C=O) groups is 1. The molecule has 0 bridgehead atoms. The summed E-state index contributed by atoms with van der Waals surface area (Å²) in [6.07, 6.45) is -0.577. The highest BCUT2D eigenvalue weighted by Crippen LogP contribution is 2.32. The van der Waals surface area contributed by atoms with Crippen LogP contribution in [0.5, 0.6) is 5.75 Å². The Labute approximate surface area is 136 Å². The lowest BCUT2D eigenvalue weighted by molar-refractivity contribution is -0.122. The van der Waals surface area contributed by atoms with E-state index in [0.717, 1.165) is 19.6 Å². The van der Waals surface area contributed by atoms with Gasteiger partial charge in [0.05, 0.1) is 10.6 Å². The van der Waals surface area contributed by atoms with Gasteiger partial charge in [-0.15, -0.1) is 0 Å². The maximum atomic E-state index is 12.8. The molecule has 2 aliphatic rings. The second kappa shape index (κ2) is 6.10. The smallest absolute Gasteiger partial charge is 0.265 e. The maximum Gasteiger partial charge on any atom is 0.265 e. The quantitative estimate of drug-likeness (QED) is 0.878. The molecule has 0 radical (unpaired) electrons. The molecular formula is C15H21N3O4S. The van der Waals surface area contributed by atoms with Crippen LogP contribution in [0.3, 0.4) is 0 Å². The summed E-state index contributed by atoms with van der Waals surface area (Å²) < 4.78 is 32.5. The van der Waals surface area contributed by atoms with Gasteiger partial charge in [0.2, 0.25) is 10.0 Å². The number of carbonyl (C=O) groups excluding carboxylic acids is 1. The van der Waals surface area contributed by atoms with Gasteiger partial charge in [-0.25, -0.2) is 8.42 Å². The van der Waals surface area contributed by atoms with Crippen molar-refractivity contribution in [2.24, 2.45) is 0 Å². The second-order valence-corrected chi connectivity index (χ2v) is 7.68. The fourth-order valence-electron chi connectivity index (χ4n) is 2.78. The molecule has 126 valence electrons. The summed E-state index contributed by atoms with van der Waals surface area (Å²) in [4.78, 5) is 14.1. The van der Waals surface area contributed by atoms with E-state index >= 15 is 0 Å². The van der Waals surface area contributed by atoms with Crippen molar-refractivity contribution < 1.29 is 17.9 Å². The minimum Gasteiger partial charge on any atom is -0.479 e. The number of sulfonamides is 1. The van der Waals surface area contributed by atoms with Crippen molar-refractivity contribution in [2.75, 3.05) is 38.0 Å².